The van der Waals surface area contributed by atoms with Crippen LogP contribution in [-0.2, 0) is 4.79 Å². The summed E-state index contributed by atoms with van der Waals surface area (Å²) in [5.41, 5.74) is 2.65. The van der Waals surface area contributed by atoms with Crippen molar-refractivity contribution in [2.24, 2.45) is 0 Å². The Kier molecular flexibility index (Phi) is 3.44. The molecule has 1 aliphatic rings. The van der Waals surface area contributed by atoms with E-state index in [4.69, 9.17) is 5.11 Å². The molecule has 1 aliphatic heterocycles. The SMILES string of the molecule is O=C(O)[C@H]1CCN1C(=O)c1ccc(-c2ccccc2)cc1. The molecule has 21 heavy (non-hydrogen) atoms. The number of benzene rings is 2. The van der Waals surface area contributed by atoms with Crippen molar-refractivity contribution in [3.63, 3.8) is 0 Å². The zero-order valence-corrected chi connectivity index (χ0v) is 11.4. The van der Waals surface area contributed by atoms with Crippen LogP contribution in [0.1, 0.15) is 16.8 Å². The first-order valence-electron chi connectivity index (χ1n) is 6.86. The van der Waals surface area contributed by atoms with Gasteiger partial charge in [-0.15, -0.1) is 0 Å². The zero-order chi connectivity index (χ0) is 14.8. The van der Waals surface area contributed by atoms with Crippen LogP contribution >= 0.6 is 0 Å². The molecule has 0 aliphatic carbocycles. The average molecular weight is 281 g/mol. The number of rotatable bonds is 3. The Morgan fingerprint density at radius 1 is 0.952 bits per heavy atom. The molecule has 1 N–H and O–H groups in total. The average Bonchev–Trinajstić information content (AvgIpc) is 2.46. The molecule has 0 aromatic heterocycles. The molecule has 0 unspecified atom stereocenters. The van der Waals surface area contributed by atoms with Gasteiger partial charge in [-0.2, -0.15) is 0 Å². The maximum atomic E-state index is 12.3. The quantitative estimate of drug-likeness (QED) is 0.941. The highest BCUT2D eigenvalue weighted by Gasteiger charge is 2.37. The van der Waals surface area contributed by atoms with Crippen LogP contribution in [0.25, 0.3) is 11.1 Å². The van der Waals surface area contributed by atoms with Crippen molar-refractivity contribution in [1.29, 1.82) is 0 Å². The second-order valence-corrected chi connectivity index (χ2v) is 5.08. The van der Waals surface area contributed by atoms with Crippen molar-refractivity contribution in [2.45, 2.75) is 12.5 Å². The van der Waals surface area contributed by atoms with Gasteiger partial charge in [0.15, 0.2) is 0 Å². The van der Waals surface area contributed by atoms with Crippen molar-refractivity contribution in [1.82, 2.24) is 4.90 Å². The predicted molar refractivity (Wildman–Crippen MR) is 79.0 cm³/mol. The van der Waals surface area contributed by atoms with Crippen molar-refractivity contribution in [2.75, 3.05) is 6.54 Å². The third-order valence-electron chi connectivity index (χ3n) is 3.80. The lowest BCUT2D eigenvalue weighted by atomic mass is 9.99. The monoisotopic (exact) mass is 281 g/mol. The summed E-state index contributed by atoms with van der Waals surface area (Å²) in [6.07, 6.45) is 0.531. The summed E-state index contributed by atoms with van der Waals surface area (Å²) < 4.78 is 0. The fourth-order valence-electron chi connectivity index (χ4n) is 2.49. The second-order valence-electron chi connectivity index (χ2n) is 5.08. The van der Waals surface area contributed by atoms with Gasteiger partial charge in [0.2, 0.25) is 0 Å². The fraction of sp³-hybridized carbons (Fsp3) is 0.176. The summed E-state index contributed by atoms with van der Waals surface area (Å²) in [6, 6.07) is 16.5. The van der Waals surface area contributed by atoms with E-state index >= 15 is 0 Å². The molecular weight excluding hydrogens is 266 g/mol. The molecule has 4 heteroatoms. The molecule has 1 heterocycles. The molecular formula is C17H15NO3. The molecule has 1 atom stereocenters. The third kappa shape index (κ3) is 2.52. The van der Waals surface area contributed by atoms with Gasteiger partial charge in [0.1, 0.15) is 6.04 Å². The predicted octanol–water partition coefficient (Wildman–Crippen LogP) is 2.65. The molecule has 0 saturated carbocycles. The van der Waals surface area contributed by atoms with E-state index in [1.165, 1.54) is 4.90 Å². The molecule has 3 rings (SSSR count). The number of aliphatic carboxylic acids is 1. The third-order valence-corrected chi connectivity index (χ3v) is 3.80. The van der Waals surface area contributed by atoms with Crippen LogP contribution < -0.4 is 0 Å². The summed E-state index contributed by atoms with van der Waals surface area (Å²) in [7, 11) is 0. The molecule has 4 nitrogen and oxygen atoms in total. The smallest absolute Gasteiger partial charge is 0.326 e. The van der Waals surface area contributed by atoms with Crippen LogP contribution in [0.4, 0.5) is 0 Å². The van der Waals surface area contributed by atoms with Gasteiger partial charge in [-0.25, -0.2) is 4.79 Å². The first-order chi connectivity index (χ1) is 10.2. The standard InChI is InChI=1S/C17H15NO3/c19-16(18-11-10-15(18)17(20)21)14-8-6-13(7-9-14)12-4-2-1-3-5-12/h1-9,15H,10-11H2,(H,20,21)/t15-/m1/s1. The van der Waals surface area contributed by atoms with Crippen LogP contribution in [-0.4, -0.2) is 34.5 Å². The van der Waals surface area contributed by atoms with Crippen LogP contribution in [0, 0.1) is 0 Å². The molecule has 0 radical (unpaired) electrons. The Labute approximate surface area is 122 Å². The summed E-state index contributed by atoms with van der Waals surface area (Å²) >= 11 is 0. The van der Waals surface area contributed by atoms with Crippen LogP contribution in [0.15, 0.2) is 54.6 Å². The van der Waals surface area contributed by atoms with Gasteiger partial charge in [-0.05, 0) is 29.7 Å². The van der Waals surface area contributed by atoms with Crippen molar-refractivity contribution >= 4 is 11.9 Å². The second kappa shape index (κ2) is 5.40. The highest BCUT2D eigenvalue weighted by atomic mass is 16.4. The van der Waals surface area contributed by atoms with E-state index in [0.717, 1.165) is 11.1 Å². The minimum Gasteiger partial charge on any atom is -0.480 e. The number of carbonyl (C=O) groups is 2. The van der Waals surface area contributed by atoms with Gasteiger partial charge < -0.3 is 10.0 Å². The first-order valence-corrected chi connectivity index (χ1v) is 6.86. The van der Waals surface area contributed by atoms with E-state index in [1.54, 1.807) is 12.1 Å². The van der Waals surface area contributed by atoms with E-state index in [-0.39, 0.29) is 5.91 Å². The van der Waals surface area contributed by atoms with Crippen LogP contribution in [0.2, 0.25) is 0 Å². The summed E-state index contributed by atoms with van der Waals surface area (Å²) in [6.45, 7) is 0.510. The number of nitrogens with zero attached hydrogens (tertiary/aromatic N) is 1. The van der Waals surface area contributed by atoms with Crippen molar-refractivity contribution < 1.29 is 14.7 Å². The number of hydrogen-bond acceptors (Lipinski definition) is 2. The molecule has 0 spiro atoms. The lowest BCUT2D eigenvalue weighted by Crippen LogP contribution is -2.55. The van der Waals surface area contributed by atoms with E-state index in [2.05, 4.69) is 0 Å². The van der Waals surface area contributed by atoms with Crippen LogP contribution in [0.5, 0.6) is 0 Å². The molecule has 1 fully saturated rings. The van der Waals surface area contributed by atoms with Crippen molar-refractivity contribution in [3.05, 3.63) is 60.2 Å². The maximum absolute atomic E-state index is 12.3. The number of carboxylic acid groups (broad SMARTS) is 1. The summed E-state index contributed by atoms with van der Waals surface area (Å²) in [5, 5.41) is 9.00. The number of likely N-dealkylation sites (tertiary alicyclic amines) is 1. The van der Waals surface area contributed by atoms with Crippen LogP contribution in [0.3, 0.4) is 0 Å². The molecule has 1 amide bonds. The Bertz CT molecular complexity index is 664. The van der Waals surface area contributed by atoms with Gasteiger partial charge in [0.05, 0.1) is 0 Å². The Morgan fingerprint density at radius 2 is 1.57 bits per heavy atom. The van der Waals surface area contributed by atoms with Crippen molar-refractivity contribution in [3.8, 4) is 11.1 Å². The van der Waals surface area contributed by atoms with Gasteiger partial charge in [-0.1, -0.05) is 42.5 Å². The minimum absolute atomic E-state index is 0.215. The molecule has 2 aromatic carbocycles. The van der Waals surface area contributed by atoms with E-state index in [0.29, 0.717) is 18.5 Å². The Morgan fingerprint density at radius 3 is 2.10 bits per heavy atom. The van der Waals surface area contributed by atoms with Gasteiger partial charge in [0.25, 0.3) is 5.91 Å². The highest BCUT2D eigenvalue weighted by molar-refractivity contribution is 5.98. The number of amides is 1. The minimum atomic E-state index is -0.935. The summed E-state index contributed by atoms with van der Waals surface area (Å²) in [4.78, 5) is 24.6. The van der Waals surface area contributed by atoms with E-state index < -0.39 is 12.0 Å². The van der Waals surface area contributed by atoms with Gasteiger partial charge in [-0.3, -0.25) is 4.79 Å². The molecule has 106 valence electrons. The largest absolute Gasteiger partial charge is 0.480 e. The van der Waals surface area contributed by atoms with Gasteiger partial charge >= 0.3 is 5.97 Å². The molecule has 1 saturated heterocycles. The molecule has 2 aromatic rings. The number of carbonyl (C=O) groups excluding carboxylic acids is 1. The Balaban J connectivity index is 1.78. The molecule has 0 bridgehead atoms. The van der Waals surface area contributed by atoms with E-state index in [1.807, 2.05) is 42.5 Å². The highest BCUT2D eigenvalue weighted by Crippen LogP contribution is 2.23. The summed E-state index contributed by atoms with van der Waals surface area (Å²) in [5.74, 6) is -1.15. The number of hydrogen-bond donors (Lipinski definition) is 1. The maximum Gasteiger partial charge on any atom is 0.326 e. The zero-order valence-electron chi connectivity index (χ0n) is 11.4. The topological polar surface area (TPSA) is 57.6 Å². The Hall–Kier alpha value is -2.62. The lowest BCUT2D eigenvalue weighted by molar-refractivity contribution is -0.146. The van der Waals surface area contributed by atoms with E-state index in [9.17, 15) is 9.59 Å². The number of carboxylic acids is 1. The lowest BCUT2D eigenvalue weighted by Gasteiger charge is -2.37. The van der Waals surface area contributed by atoms with Gasteiger partial charge in [0, 0.05) is 12.1 Å². The fourth-order valence-corrected chi connectivity index (χ4v) is 2.49. The first kappa shape index (κ1) is 13.4. The normalized spacial score (nSPS) is 17.1.